The van der Waals surface area contributed by atoms with Gasteiger partial charge in [0, 0.05) is 26.7 Å². The molecule has 1 saturated heterocycles. The highest BCUT2D eigenvalue weighted by atomic mass is 16.3. The Morgan fingerprint density at radius 2 is 1.58 bits per heavy atom. The molecule has 0 unspecified atom stereocenters. The molecule has 1 heterocycles. The second-order valence-electron chi connectivity index (χ2n) is 6.36. The number of hydrogen-bond acceptors (Lipinski definition) is 3. The summed E-state index contributed by atoms with van der Waals surface area (Å²) < 4.78 is 0. The number of carbonyl (C=O) groups excluding carboxylic acids is 1. The van der Waals surface area contributed by atoms with E-state index < -0.39 is 0 Å². The number of likely N-dealkylation sites (N-methyl/N-ethyl adjacent to an activating group) is 1. The Kier molecular flexibility index (Phi) is 5.28. The predicted molar refractivity (Wildman–Crippen MR) is 94.5 cm³/mol. The van der Waals surface area contributed by atoms with Gasteiger partial charge in [0.15, 0.2) is 0 Å². The van der Waals surface area contributed by atoms with Crippen LogP contribution in [-0.2, 0) is 4.79 Å². The molecule has 1 aliphatic heterocycles. The summed E-state index contributed by atoms with van der Waals surface area (Å²) in [5.74, 6) is 0.150. The van der Waals surface area contributed by atoms with Gasteiger partial charge in [-0.2, -0.15) is 0 Å². The standard InChI is InChI=1S/C20H24N2O2/c1-21(12-13-23)20(24)18-14-22(15-18)19(16-8-4-2-5-9-16)17-10-6-3-7-11-17/h2-11,18-19,23H,12-15H2,1H3. The molecule has 3 rings (SSSR count). The molecule has 1 aliphatic rings. The molecule has 0 saturated carbocycles. The number of likely N-dealkylation sites (tertiary alicyclic amines) is 1. The molecule has 126 valence electrons. The van der Waals surface area contributed by atoms with E-state index in [1.807, 2.05) is 12.1 Å². The SMILES string of the molecule is CN(CCO)C(=O)C1CN(C(c2ccccc2)c2ccccc2)C1. The molecule has 0 aromatic heterocycles. The first kappa shape index (κ1) is 16.7. The lowest BCUT2D eigenvalue weighted by molar-refractivity contribution is -0.141. The first-order chi connectivity index (χ1) is 11.7. The fourth-order valence-corrected chi connectivity index (χ4v) is 3.34. The van der Waals surface area contributed by atoms with Crippen LogP contribution in [0.15, 0.2) is 60.7 Å². The average molecular weight is 324 g/mol. The van der Waals surface area contributed by atoms with Crippen LogP contribution < -0.4 is 0 Å². The molecule has 1 N–H and O–H groups in total. The number of benzene rings is 2. The van der Waals surface area contributed by atoms with Gasteiger partial charge in [0.25, 0.3) is 0 Å². The maximum atomic E-state index is 12.3. The topological polar surface area (TPSA) is 43.8 Å². The molecule has 2 aromatic carbocycles. The van der Waals surface area contributed by atoms with Crippen LogP contribution in [0, 0.1) is 5.92 Å². The molecule has 0 bridgehead atoms. The zero-order chi connectivity index (χ0) is 16.9. The van der Waals surface area contributed by atoms with E-state index >= 15 is 0 Å². The minimum absolute atomic E-state index is 0.00926. The first-order valence-electron chi connectivity index (χ1n) is 8.40. The zero-order valence-corrected chi connectivity index (χ0v) is 14.0. The monoisotopic (exact) mass is 324 g/mol. The number of aliphatic hydroxyl groups is 1. The number of aliphatic hydroxyl groups excluding tert-OH is 1. The number of nitrogens with zero attached hydrogens (tertiary/aromatic N) is 2. The van der Waals surface area contributed by atoms with E-state index in [1.165, 1.54) is 11.1 Å². The van der Waals surface area contributed by atoms with Gasteiger partial charge in [-0.25, -0.2) is 0 Å². The van der Waals surface area contributed by atoms with Gasteiger partial charge in [-0.1, -0.05) is 60.7 Å². The van der Waals surface area contributed by atoms with Crippen molar-refractivity contribution in [3.8, 4) is 0 Å². The molecular weight excluding hydrogens is 300 g/mol. The highest BCUT2D eigenvalue weighted by molar-refractivity contribution is 5.80. The van der Waals surface area contributed by atoms with Crippen molar-refractivity contribution < 1.29 is 9.90 Å². The van der Waals surface area contributed by atoms with Crippen LogP contribution in [0.2, 0.25) is 0 Å². The lowest BCUT2D eigenvalue weighted by atomic mass is 9.89. The third-order valence-corrected chi connectivity index (χ3v) is 4.67. The van der Waals surface area contributed by atoms with Crippen LogP contribution in [0.5, 0.6) is 0 Å². The van der Waals surface area contributed by atoms with Gasteiger partial charge in [-0.15, -0.1) is 0 Å². The van der Waals surface area contributed by atoms with Gasteiger partial charge >= 0.3 is 0 Å². The van der Waals surface area contributed by atoms with E-state index in [9.17, 15) is 4.79 Å². The van der Waals surface area contributed by atoms with E-state index in [1.54, 1.807) is 11.9 Å². The molecule has 24 heavy (non-hydrogen) atoms. The molecular formula is C20H24N2O2. The predicted octanol–water partition coefficient (Wildman–Crippen LogP) is 2.16. The summed E-state index contributed by atoms with van der Waals surface area (Å²) in [6, 6.07) is 21.0. The van der Waals surface area contributed by atoms with Crippen molar-refractivity contribution >= 4 is 5.91 Å². The summed E-state index contributed by atoms with van der Waals surface area (Å²) in [6.45, 7) is 1.91. The summed E-state index contributed by atoms with van der Waals surface area (Å²) in [6.07, 6.45) is 0. The summed E-state index contributed by atoms with van der Waals surface area (Å²) in [5, 5.41) is 8.99. The van der Waals surface area contributed by atoms with Gasteiger partial charge in [0.05, 0.1) is 18.6 Å². The maximum Gasteiger partial charge on any atom is 0.228 e. The molecule has 0 radical (unpaired) electrons. The lowest BCUT2D eigenvalue weighted by Gasteiger charge is -2.45. The molecule has 4 nitrogen and oxygen atoms in total. The van der Waals surface area contributed by atoms with Crippen LogP contribution in [0.1, 0.15) is 17.2 Å². The second-order valence-corrected chi connectivity index (χ2v) is 6.36. The molecule has 1 amide bonds. The molecule has 1 fully saturated rings. The Bertz CT molecular complexity index is 614. The van der Waals surface area contributed by atoms with Gasteiger partial charge in [-0.3, -0.25) is 9.69 Å². The van der Waals surface area contributed by atoms with Crippen molar-refractivity contribution in [1.82, 2.24) is 9.80 Å². The van der Waals surface area contributed by atoms with Gasteiger partial charge < -0.3 is 10.0 Å². The number of carbonyl (C=O) groups is 1. The summed E-state index contributed by atoms with van der Waals surface area (Å²) in [7, 11) is 1.76. The van der Waals surface area contributed by atoms with Crippen LogP contribution in [0.25, 0.3) is 0 Å². The Morgan fingerprint density at radius 3 is 2.04 bits per heavy atom. The minimum atomic E-state index is 0.00926. The maximum absolute atomic E-state index is 12.3. The van der Waals surface area contributed by atoms with Crippen molar-refractivity contribution in [2.24, 2.45) is 5.92 Å². The normalized spacial score (nSPS) is 15.3. The molecule has 2 aromatic rings. The number of amides is 1. The highest BCUT2D eigenvalue weighted by Gasteiger charge is 2.38. The van der Waals surface area contributed by atoms with E-state index in [-0.39, 0.29) is 24.5 Å². The van der Waals surface area contributed by atoms with E-state index in [0.717, 1.165) is 13.1 Å². The Balaban J connectivity index is 1.74. The molecule has 4 heteroatoms. The number of hydrogen-bond donors (Lipinski definition) is 1. The summed E-state index contributed by atoms with van der Waals surface area (Å²) in [5.41, 5.74) is 2.50. The van der Waals surface area contributed by atoms with E-state index in [0.29, 0.717) is 6.54 Å². The first-order valence-corrected chi connectivity index (χ1v) is 8.40. The van der Waals surface area contributed by atoms with Crippen molar-refractivity contribution in [3.05, 3.63) is 71.8 Å². The third kappa shape index (κ3) is 3.50. The Labute approximate surface area is 143 Å². The van der Waals surface area contributed by atoms with Gasteiger partial charge in [0.2, 0.25) is 5.91 Å². The Morgan fingerprint density at radius 1 is 1.08 bits per heavy atom. The van der Waals surface area contributed by atoms with E-state index in [2.05, 4.69) is 53.4 Å². The van der Waals surface area contributed by atoms with Gasteiger partial charge in [0.1, 0.15) is 0 Å². The minimum Gasteiger partial charge on any atom is -0.395 e. The van der Waals surface area contributed by atoms with Crippen molar-refractivity contribution in [2.75, 3.05) is 33.3 Å². The van der Waals surface area contributed by atoms with E-state index in [4.69, 9.17) is 5.11 Å². The largest absolute Gasteiger partial charge is 0.395 e. The molecule has 0 aliphatic carbocycles. The summed E-state index contributed by atoms with van der Waals surface area (Å²) in [4.78, 5) is 16.3. The smallest absolute Gasteiger partial charge is 0.228 e. The van der Waals surface area contributed by atoms with Gasteiger partial charge in [-0.05, 0) is 11.1 Å². The third-order valence-electron chi connectivity index (χ3n) is 4.67. The zero-order valence-electron chi connectivity index (χ0n) is 14.0. The fourth-order valence-electron chi connectivity index (χ4n) is 3.34. The number of rotatable bonds is 6. The Hall–Kier alpha value is -2.17. The van der Waals surface area contributed by atoms with Crippen LogP contribution in [0.3, 0.4) is 0 Å². The average Bonchev–Trinajstić information content (AvgIpc) is 2.59. The highest BCUT2D eigenvalue weighted by Crippen LogP contribution is 2.34. The summed E-state index contributed by atoms with van der Waals surface area (Å²) >= 11 is 0. The quantitative estimate of drug-likeness (QED) is 0.885. The van der Waals surface area contributed by atoms with Crippen LogP contribution >= 0.6 is 0 Å². The van der Waals surface area contributed by atoms with Crippen molar-refractivity contribution in [3.63, 3.8) is 0 Å². The fraction of sp³-hybridized carbons (Fsp3) is 0.350. The molecule has 0 spiro atoms. The lowest BCUT2D eigenvalue weighted by Crippen LogP contribution is -2.55. The van der Waals surface area contributed by atoms with Crippen molar-refractivity contribution in [1.29, 1.82) is 0 Å². The molecule has 0 atom stereocenters. The van der Waals surface area contributed by atoms with Crippen molar-refractivity contribution in [2.45, 2.75) is 6.04 Å². The van der Waals surface area contributed by atoms with Crippen LogP contribution in [-0.4, -0.2) is 54.1 Å². The second kappa shape index (κ2) is 7.60. The van der Waals surface area contributed by atoms with Crippen LogP contribution in [0.4, 0.5) is 0 Å².